The Labute approximate surface area is 388 Å². The second kappa shape index (κ2) is 16.2. The van der Waals surface area contributed by atoms with Gasteiger partial charge < -0.3 is 9.13 Å². The van der Waals surface area contributed by atoms with Gasteiger partial charge in [-0.3, -0.25) is 0 Å². The lowest BCUT2D eigenvalue weighted by atomic mass is 9.98. The van der Waals surface area contributed by atoms with E-state index < -0.39 is 28.8 Å². The summed E-state index contributed by atoms with van der Waals surface area (Å²) in [7, 11) is 0. The van der Waals surface area contributed by atoms with E-state index in [0.717, 1.165) is 88.1 Å². The van der Waals surface area contributed by atoms with Gasteiger partial charge in [0.1, 0.15) is 17.4 Å². The lowest BCUT2D eigenvalue weighted by Gasteiger charge is -2.19. The molecule has 0 fully saturated rings. The van der Waals surface area contributed by atoms with Gasteiger partial charge in [-0.05, 0) is 86.5 Å². The van der Waals surface area contributed by atoms with Crippen molar-refractivity contribution in [2.24, 2.45) is 0 Å². The van der Waals surface area contributed by atoms with Crippen molar-refractivity contribution in [1.29, 1.82) is 5.26 Å². The normalized spacial score (nSPS) is 11.5. The zero-order valence-electron chi connectivity index (χ0n) is 36.1. The van der Waals surface area contributed by atoms with Crippen LogP contribution >= 0.6 is 0 Å². The molecule has 0 radical (unpaired) electrons. The summed E-state index contributed by atoms with van der Waals surface area (Å²) in [5, 5.41) is 15.2. The van der Waals surface area contributed by atoms with Crippen molar-refractivity contribution in [1.82, 2.24) is 9.13 Å². The third-order valence-electron chi connectivity index (χ3n) is 13.1. The molecule has 12 rings (SSSR count). The van der Waals surface area contributed by atoms with Crippen molar-refractivity contribution in [3.63, 3.8) is 0 Å². The molecule has 7 heteroatoms. The highest BCUT2D eigenvalue weighted by Gasteiger charge is 2.27. The molecule has 0 unspecified atom stereocenters. The average Bonchev–Trinajstić information content (AvgIpc) is 3.89. The molecule has 0 atom stereocenters. The highest BCUT2D eigenvalue weighted by molar-refractivity contribution is 6.13. The Morgan fingerprint density at radius 1 is 0.309 bits per heavy atom. The third-order valence-corrected chi connectivity index (χ3v) is 13.1. The highest BCUT2D eigenvalue weighted by Crippen LogP contribution is 2.44. The van der Waals surface area contributed by atoms with Gasteiger partial charge in [0.05, 0.1) is 39.0 Å². The maximum Gasteiger partial charge on any atom is 0.195 e. The molecule has 0 N–H and O–H groups in total. The van der Waals surface area contributed by atoms with Crippen LogP contribution in [-0.2, 0) is 0 Å². The first-order chi connectivity index (χ1) is 33.3. The lowest BCUT2D eigenvalue weighted by Crippen LogP contribution is -2.07. The van der Waals surface area contributed by atoms with E-state index in [1.54, 1.807) is 0 Å². The summed E-state index contributed by atoms with van der Waals surface area (Å²) in [6.07, 6.45) is 0. The van der Waals surface area contributed by atoms with Crippen LogP contribution < -0.4 is 0 Å². The standard InChI is InChI=1S/C61H35F4N3/c62-51-35-52(63)60(64)61(65)59(51)45-33-57(67-53-29-41(37-13-5-1-6-14-37)21-25-46(53)47-26-22-42(30-54(47)67)38-15-7-2-8-16-38)50(36-66)58(34-45)68-55-31-43(39-17-9-3-10-18-39)23-27-48(55)49-28-24-44(32-56(49)68)40-19-11-4-12-20-40/h1-35H. The van der Waals surface area contributed by atoms with Crippen LogP contribution in [0.25, 0.3) is 111 Å². The number of aromatic nitrogens is 2. The Hall–Kier alpha value is -8.99. The van der Waals surface area contributed by atoms with E-state index in [4.69, 9.17) is 0 Å². The first-order valence-corrected chi connectivity index (χ1v) is 22.1. The molecular weight excluding hydrogens is 851 g/mol. The maximum atomic E-state index is 16.4. The van der Waals surface area contributed by atoms with Gasteiger partial charge in [-0.2, -0.15) is 5.26 Å². The predicted molar refractivity (Wildman–Crippen MR) is 267 cm³/mol. The van der Waals surface area contributed by atoms with Crippen molar-refractivity contribution in [3.8, 4) is 73.1 Å². The molecule has 0 amide bonds. The molecule has 0 saturated heterocycles. The first-order valence-electron chi connectivity index (χ1n) is 22.1. The lowest BCUT2D eigenvalue weighted by molar-refractivity contribution is 0.437. The average molecular weight is 886 g/mol. The Balaban J connectivity index is 1.26. The summed E-state index contributed by atoms with van der Waals surface area (Å²) in [4.78, 5) is 0. The minimum Gasteiger partial charge on any atom is -0.308 e. The number of nitriles is 1. The zero-order chi connectivity index (χ0) is 46.0. The van der Waals surface area contributed by atoms with Gasteiger partial charge in [0.2, 0.25) is 0 Å². The predicted octanol–water partition coefficient (Wildman–Crippen LogP) is 16.6. The van der Waals surface area contributed by atoms with Gasteiger partial charge >= 0.3 is 0 Å². The van der Waals surface area contributed by atoms with Crippen molar-refractivity contribution in [2.45, 2.75) is 0 Å². The summed E-state index contributed by atoms with van der Waals surface area (Å²) in [5.41, 5.74) is 10.2. The van der Waals surface area contributed by atoms with Crippen LogP contribution in [0.1, 0.15) is 5.56 Å². The van der Waals surface area contributed by atoms with Crippen LogP contribution in [0.2, 0.25) is 0 Å². The van der Waals surface area contributed by atoms with Crippen molar-refractivity contribution >= 4 is 43.6 Å². The quantitative estimate of drug-likeness (QED) is 0.0892. The Bertz CT molecular complexity index is 3590. The fourth-order valence-corrected chi connectivity index (χ4v) is 9.85. The molecule has 2 heterocycles. The van der Waals surface area contributed by atoms with Gasteiger partial charge in [0.25, 0.3) is 0 Å². The van der Waals surface area contributed by atoms with Crippen LogP contribution in [0, 0.1) is 34.6 Å². The van der Waals surface area contributed by atoms with E-state index in [1.807, 2.05) is 155 Å². The number of benzene rings is 10. The molecule has 0 aliphatic carbocycles. The molecule has 0 bridgehead atoms. The molecule has 0 saturated carbocycles. The van der Waals surface area contributed by atoms with Crippen LogP contribution in [0.15, 0.2) is 212 Å². The van der Waals surface area contributed by atoms with Gasteiger partial charge in [-0.15, -0.1) is 0 Å². The van der Waals surface area contributed by atoms with E-state index in [2.05, 4.69) is 54.6 Å². The molecule has 2 aromatic heterocycles. The SMILES string of the molecule is N#Cc1c(-n2c3cc(-c4ccccc4)ccc3c3ccc(-c4ccccc4)cc32)cc(-c2c(F)cc(F)c(F)c2F)cc1-n1c2cc(-c3ccccc3)ccc2c2ccc(-c3ccccc3)cc21. The first kappa shape index (κ1) is 40.5. The molecule has 3 nitrogen and oxygen atoms in total. The summed E-state index contributed by atoms with van der Waals surface area (Å²) < 4.78 is 66.9. The molecule has 0 aliphatic rings. The highest BCUT2D eigenvalue weighted by atomic mass is 19.2. The second-order valence-corrected chi connectivity index (χ2v) is 16.9. The molecule has 68 heavy (non-hydrogen) atoms. The minimum atomic E-state index is -1.80. The summed E-state index contributed by atoms with van der Waals surface area (Å²) >= 11 is 0. The monoisotopic (exact) mass is 885 g/mol. The Kier molecular flexibility index (Phi) is 9.63. The smallest absolute Gasteiger partial charge is 0.195 e. The van der Waals surface area contributed by atoms with E-state index in [0.29, 0.717) is 6.07 Å². The van der Waals surface area contributed by atoms with Crippen LogP contribution in [0.4, 0.5) is 17.6 Å². The van der Waals surface area contributed by atoms with Gasteiger partial charge in [0.15, 0.2) is 17.5 Å². The van der Waals surface area contributed by atoms with Crippen molar-refractivity contribution in [3.05, 3.63) is 241 Å². The summed E-state index contributed by atoms with van der Waals surface area (Å²) in [5.74, 6) is -6.42. The number of rotatable bonds is 7. The van der Waals surface area contributed by atoms with Gasteiger partial charge in [-0.25, -0.2) is 17.6 Å². The van der Waals surface area contributed by atoms with E-state index in [9.17, 15) is 9.65 Å². The van der Waals surface area contributed by atoms with Gasteiger partial charge in [-0.1, -0.05) is 170 Å². The zero-order valence-corrected chi connectivity index (χ0v) is 36.1. The minimum absolute atomic E-state index is 0.0928. The topological polar surface area (TPSA) is 33.6 Å². The molecule has 10 aromatic carbocycles. The maximum absolute atomic E-state index is 16.4. The fourth-order valence-electron chi connectivity index (χ4n) is 9.85. The molecular formula is C61H35F4N3. The number of halogens is 4. The summed E-state index contributed by atoms with van der Waals surface area (Å²) in [6.45, 7) is 0. The number of hydrogen-bond acceptors (Lipinski definition) is 1. The summed E-state index contributed by atoms with van der Waals surface area (Å²) in [6, 6.07) is 70.3. The molecule has 0 aliphatic heterocycles. The van der Waals surface area contributed by atoms with E-state index >= 15 is 13.2 Å². The van der Waals surface area contributed by atoms with Crippen molar-refractivity contribution < 1.29 is 17.6 Å². The van der Waals surface area contributed by atoms with E-state index in [-0.39, 0.29) is 22.5 Å². The fraction of sp³-hybridized carbons (Fsp3) is 0. The molecule has 12 aromatic rings. The van der Waals surface area contributed by atoms with Crippen LogP contribution in [0.3, 0.4) is 0 Å². The largest absolute Gasteiger partial charge is 0.308 e. The van der Waals surface area contributed by atoms with Crippen LogP contribution in [0.5, 0.6) is 0 Å². The second-order valence-electron chi connectivity index (χ2n) is 16.9. The third kappa shape index (κ3) is 6.57. The number of nitrogens with zero attached hydrogens (tertiary/aromatic N) is 3. The van der Waals surface area contributed by atoms with Crippen LogP contribution in [-0.4, -0.2) is 9.13 Å². The molecule has 0 spiro atoms. The number of fused-ring (bicyclic) bond motifs is 6. The van der Waals surface area contributed by atoms with Gasteiger partial charge in [0, 0.05) is 27.6 Å². The van der Waals surface area contributed by atoms with E-state index in [1.165, 1.54) is 12.1 Å². The molecule has 322 valence electrons. The Morgan fingerprint density at radius 3 is 0.941 bits per heavy atom. The number of hydrogen-bond donors (Lipinski definition) is 0. The van der Waals surface area contributed by atoms with Crippen molar-refractivity contribution in [2.75, 3.05) is 0 Å². The Morgan fingerprint density at radius 2 is 0.632 bits per heavy atom.